The standard InChI is InChI=1S/C18H15P.C8H14BrNO2.2BrH/c1-4-10-16(11-5-1)19(17-12-6-2-7-13-17)18-14-8-3-9-15-18;1-6-4-7(5-9)2-3-10(6)8(11)12;;/h1-15H;6-7H,2-5H2,1H3,(H,11,12);2*1H/t;6-,7+;;/m.0../s1. The van der Waals surface area contributed by atoms with Crippen molar-refractivity contribution in [3.8, 4) is 0 Å². The highest BCUT2D eigenvalue weighted by atomic mass is 79.9. The third-order valence-corrected chi connectivity index (χ3v) is 8.85. The highest BCUT2D eigenvalue weighted by molar-refractivity contribution is 9.09. The van der Waals surface area contributed by atoms with Crippen LogP contribution in [0.25, 0.3) is 0 Å². The highest BCUT2D eigenvalue weighted by Gasteiger charge is 2.27. The van der Waals surface area contributed by atoms with E-state index in [1.54, 1.807) is 0 Å². The van der Waals surface area contributed by atoms with Crippen molar-refractivity contribution >= 4 is 79.8 Å². The first-order chi connectivity index (χ1) is 15.1. The van der Waals surface area contributed by atoms with Gasteiger partial charge >= 0.3 is 6.09 Å². The summed E-state index contributed by atoms with van der Waals surface area (Å²) in [4.78, 5) is 12.2. The Bertz CT molecular complexity index is 838. The van der Waals surface area contributed by atoms with E-state index in [1.165, 1.54) is 20.8 Å². The van der Waals surface area contributed by atoms with Crippen LogP contribution < -0.4 is 15.9 Å². The second kappa shape index (κ2) is 15.7. The first-order valence-electron chi connectivity index (χ1n) is 10.6. The zero-order valence-electron chi connectivity index (χ0n) is 18.6. The number of nitrogens with zero attached hydrogens (tertiary/aromatic N) is 1. The number of carbonyl (C=O) groups is 1. The maximum Gasteiger partial charge on any atom is 0.407 e. The molecule has 7 heteroatoms. The Morgan fingerprint density at radius 1 is 0.879 bits per heavy atom. The molecule has 3 aromatic carbocycles. The molecule has 1 amide bonds. The summed E-state index contributed by atoms with van der Waals surface area (Å²) in [5.74, 6) is 0.649. The van der Waals surface area contributed by atoms with Crippen LogP contribution in [0.3, 0.4) is 0 Å². The third-order valence-electron chi connectivity index (χ3n) is 5.49. The first-order valence-corrected chi connectivity index (χ1v) is 13.1. The van der Waals surface area contributed by atoms with E-state index < -0.39 is 14.0 Å². The molecule has 1 fully saturated rings. The summed E-state index contributed by atoms with van der Waals surface area (Å²) in [5.41, 5.74) is 0. The zero-order chi connectivity index (χ0) is 22.1. The normalized spacial score (nSPS) is 17.1. The molecule has 0 saturated carbocycles. The van der Waals surface area contributed by atoms with Crippen molar-refractivity contribution in [3.05, 3.63) is 91.0 Å². The second-order valence-electron chi connectivity index (χ2n) is 7.71. The van der Waals surface area contributed by atoms with Gasteiger partial charge < -0.3 is 10.0 Å². The topological polar surface area (TPSA) is 40.5 Å². The first kappa shape index (κ1) is 29.8. The molecule has 0 unspecified atom stereocenters. The van der Waals surface area contributed by atoms with E-state index in [0.29, 0.717) is 12.5 Å². The van der Waals surface area contributed by atoms with Crippen LogP contribution in [-0.2, 0) is 0 Å². The number of hydrogen-bond acceptors (Lipinski definition) is 1. The van der Waals surface area contributed by atoms with Crippen LogP contribution in [0.15, 0.2) is 91.0 Å². The van der Waals surface area contributed by atoms with Crippen molar-refractivity contribution in [3.63, 3.8) is 0 Å². The molecule has 1 aliphatic rings. The molecule has 1 heterocycles. The van der Waals surface area contributed by atoms with E-state index in [9.17, 15) is 4.79 Å². The summed E-state index contributed by atoms with van der Waals surface area (Å²) < 4.78 is 0. The van der Waals surface area contributed by atoms with E-state index in [1.807, 2.05) is 6.92 Å². The summed E-state index contributed by atoms with van der Waals surface area (Å²) in [6.07, 6.45) is 1.19. The fourth-order valence-electron chi connectivity index (χ4n) is 3.87. The highest BCUT2D eigenvalue weighted by Crippen LogP contribution is 2.32. The SMILES string of the molecule is Br.Br.C[C@H]1C[C@H](CBr)CCN1C(=O)O.c1ccc(P(c2ccccc2)c2ccccc2)cc1. The smallest absolute Gasteiger partial charge is 0.407 e. The van der Waals surface area contributed by atoms with E-state index in [4.69, 9.17) is 5.11 Å². The average molecular weight is 660 g/mol. The minimum atomic E-state index is -0.782. The molecule has 0 bridgehead atoms. The molecule has 4 rings (SSSR count). The summed E-state index contributed by atoms with van der Waals surface area (Å²) in [5, 5.41) is 14.0. The number of halogens is 3. The third kappa shape index (κ3) is 8.83. The van der Waals surface area contributed by atoms with Crippen molar-refractivity contribution in [2.75, 3.05) is 11.9 Å². The molecule has 3 nitrogen and oxygen atoms in total. The maximum absolute atomic E-state index is 10.7. The van der Waals surface area contributed by atoms with Gasteiger partial charge in [-0.1, -0.05) is 107 Å². The van der Waals surface area contributed by atoms with Crippen molar-refractivity contribution in [1.29, 1.82) is 0 Å². The molecule has 178 valence electrons. The van der Waals surface area contributed by atoms with Crippen molar-refractivity contribution < 1.29 is 9.90 Å². The minimum absolute atomic E-state index is 0. The summed E-state index contributed by atoms with van der Waals surface area (Å²) >= 11 is 3.43. The Balaban J connectivity index is 0.000000342. The Morgan fingerprint density at radius 2 is 1.27 bits per heavy atom. The number of piperidine rings is 1. The van der Waals surface area contributed by atoms with Crippen molar-refractivity contribution in [2.24, 2.45) is 5.92 Å². The maximum atomic E-state index is 10.7. The van der Waals surface area contributed by atoms with Gasteiger partial charge in [-0.2, -0.15) is 0 Å². The van der Waals surface area contributed by atoms with Crippen LogP contribution in [-0.4, -0.2) is 34.0 Å². The van der Waals surface area contributed by atoms with Gasteiger partial charge in [-0.3, -0.25) is 0 Å². The fraction of sp³-hybridized carbons (Fsp3) is 0.269. The summed E-state index contributed by atoms with van der Waals surface area (Å²) in [6.45, 7) is 2.66. The lowest BCUT2D eigenvalue weighted by atomic mass is 9.94. The lowest BCUT2D eigenvalue weighted by molar-refractivity contribution is 0.100. The number of amides is 1. The average Bonchev–Trinajstić information content (AvgIpc) is 2.81. The predicted molar refractivity (Wildman–Crippen MR) is 157 cm³/mol. The van der Waals surface area contributed by atoms with Gasteiger partial charge in [-0.05, 0) is 49.5 Å². The van der Waals surface area contributed by atoms with E-state index in [0.717, 1.165) is 18.2 Å². The van der Waals surface area contributed by atoms with Gasteiger partial charge in [0.2, 0.25) is 0 Å². The number of benzene rings is 3. The largest absolute Gasteiger partial charge is 0.465 e. The number of carboxylic acid groups (broad SMARTS) is 1. The molecule has 0 aromatic heterocycles. The second-order valence-corrected chi connectivity index (χ2v) is 10.6. The molecule has 0 spiro atoms. The number of likely N-dealkylation sites (tertiary alicyclic amines) is 1. The van der Waals surface area contributed by atoms with Gasteiger partial charge in [0.15, 0.2) is 0 Å². The fourth-order valence-corrected chi connectivity index (χ4v) is 6.77. The Morgan fingerprint density at radius 3 is 1.58 bits per heavy atom. The van der Waals surface area contributed by atoms with E-state index >= 15 is 0 Å². The minimum Gasteiger partial charge on any atom is -0.465 e. The summed E-state index contributed by atoms with van der Waals surface area (Å²) in [6, 6.07) is 32.5. The Labute approximate surface area is 228 Å². The Kier molecular flexibility index (Phi) is 14.2. The molecular formula is C26H31Br3NO2P. The number of hydrogen-bond donors (Lipinski definition) is 1. The molecular weight excluding hydrogens is 629 g/mol. The lowest BCUT2D eigenvalue weighted by Crippen LogP contribution is -2.44. The molecule has 1 aliphatic heterocycles. The van der Waals surface area contributed by atoms with Crippen LogP contribution >= 0.6 is 57.8 Å². The van der Waals surface area contributed by atoms with E-state index in [-0.39, 0.29) is 40.0 Å². The lowest BCUT2D eigenvalue weighted by Gasteiger charge is -2.35. The van der Waals surface area contributed by atoms with Gasteiger partial charge in [0, 0.05) is 17.9 Å². The van der Waals surface area contributed by atoms with Crippen molar-refractivity contribution in [2.45, 2.75) is 25.8 Å². The molecule has 2 atom stereocenters. The quantitative estimate of drug-likeness (QED) is 0.249. The van der Waals surface area contributed by atoms with Crippen LogP contribution in [0.1, 0.15) is 19.8 Å². The molecule has 1 saturated heterocycles. The van der Waals surface area contributed by atoms with E-state index in [2.05, 4.69) is 107 Å². The monoisotopic (exact) mass is 657 g/mol. The van der Waals surface area contributed by atoms with Crippen LogP contribution in [0.4, 0.5) is 4.79 Å². The van der Waals surface area contributed by atoms with Gasteiger partial charge in [0.05, 0.1) is 0 Å². The molecule has 0 aliphatic carbocycles. The number of alkyl halides is 1. The zero-order valence-corrected chi connectivity index (χ0v) is 24.5. The van der Waals surface area contributed by atoms with Gasteiger partial charge in [-0.25, -0.2) is 4.79 Å². The number of rotatable bonds is 4. The summed E-state index contributed by atoms with van der Waals surface area (Å²) in [7, 11) is -0.446. The molecule has 33 heavy (non-hydrogen) atoms. The van der Waals surface area contributed by atoms with Crippen LogP contribution in [0.2, 0.25) is 0 Å². The molecule has 0 radical (unpaired) electrons. The van der Waals surface area contributed by atoms with Gasteiger partial charge in [-0.15, -0.1) is 34.0 Å². The van der Waals surface area contributed by atoms with Crippen LogP contribution in [0.5, 0.6) is 0 Å². The van der Waals surface area contributed by atoms with Crippen molar-refractivity contribution in [1.82, 2.24) is 4.90 Å². The predicted octanol–water partition coefficient (Wildman–Crippen LogP) is 6.76. The molecule has 1 N–H and O–H groups in total. The Hall–Kier alpha value is -1.20. The van der Waals surface area contributed by atoms with Gasteiger partial charge in [0.1, 0.15) is 0 Å². The van der Waals surface area contributed by atoms with Crippen LogP contribution in [0, 0.1) is 5.92 Å². The molecule has 3 aromatic rings. The van der Waals surface area contributed by atoms with Gasteiger partial charge in [0.25, 0.3) is 0 Å².